The summed E-state index contributed by atoms with van der Waals surface area (Å²) >= 11 is 0. The van der Waals surface area contributed by atoms with E-state index in [9.17, 15) is 39.0 Å². The van der Waals surface area contributed by atoms with E-state index in [0.717, 1.165) is 5.57 Å². The summed E-state index contributed by atoms with van der Waals surface area (Å²) in [5, 5.41) is 22.5. The number of methoxy groups -OCH3 is 3. The maximum absolute atomic E-state index is 14.4. The molecule has 1 aliphatic carbocycles. The van der Waals surface area contributed by atoms with Gasteiger partial charge in [-0.2, -0.15) is 0 Å². The molecule has 1 saturated carbocycles. The first-order chi connectivity index (χ1) is 31.8. The van der Waals surface area contributed by atoms with Crippen LogP contribution in [-0.4, -0.2) is 133 Å². The molecule has 2 bridgehead atoms. The number of rotatable bonds is 8. The zero-order chi connectivity index (χ0) is 49.6. The molecule has 4 aliphatic rings. The van der Waals surface area contributed by atoms with Gasteiger partial charge in [-0.25, -0.2) is 4.79 Å². The summed E-state index contributed by atoms with van der Waals surface area (Å²) in [5.74, 6) is -8.18. The second kappa shape index (κ2) is 26.2. The fourth-order valence-electron chi connectivity index (χ4n) is 10.3. The van der Waals surface area contributed by atoms with Crippen LogP contribution in [0.5, 0.6) is 0 Å². The summed E-state index contributed by atoms with van der Waals surface area (Å²) in [5.41, 5.74) is 1.30. The number of allylic oxidation sites excluding steroid dienone is 6. The third-order valence-electron chi connectivity index (χ3n) is 14.7. The highest BCUT2D eigenvalue weighted by atomic mass is 16.6. The molecule has 0 aromatic carbocycles. The highest BCUT2D eigenvalue weighted by Crippen LogP contribution is 2.38. The van der Waals surface area contributed by atoms with Crippen molar-refractivity contribution < 1.29 is 67.4 Å². The molecule has 3 fully saturated rings. The predicted octanol–water partition coefficient (Wildman–Crippen LogP) is 6.36. The molecule has 15 heteroatoms. The molecular formula is C52H79NO14. The quantitative estimate of drug-likeness (QED) is 0.118. The number of fused-ring (bicyclic) bond motifs is 3. The van der Waals surface area contributed by atoms with Crippen LogP contribution in [0.25, 0.3) is 0 Å². The van der Waals surface area contributed by atoms with Gasteiger partial charge in [-0.15, -0.1) is 0 Å². The molecule has 0 radical (unpaired) electrons. The van der Waals surface area contributed by atoms with Crippen molar-refractivity contribution in [2.75, 3.05) is 27.9 Å². The van der Waals surface area contributed by atoms with E-state index in [2.05, 4.69) is 0 Å². The number of nitrogens with zero attached hydrogens (tertiary/aromatic N) is 1. The fourth-order valence-corrected chi connectivity index (χ4v) is 10.3. The van der Waals surface area contributed by atoms with Crippen LogP contribution in [0, 0.1) is 35.5 Å². The first-order valence-electron chi connectivity index (χ1n) is 24.4. The number of esters is 1. The van der Waals surface area contributed by atoms with E-state index in [1.807, 2.05) is 51.2 Å². The molecule has 4 rings (SSSR count). The Labute approximate surface area is 398 Å². The lowest BCUT2D eigenvalue weighted by molar-refractivity contribution is -0.265. The number of piperidine rings is 1. The van der Waals surface area contributed by atoms with Gasteiger partial charge in [0, 0.05) is 58.5 Å². The summed E-state index contributed by atoms with van der Waals surface area (Å²) in [7, 11) is 4.51. The molecule has 0 spiro atoms. The third kappa shape index (κ3) is 14.8. The van der Waals surface area contributed by atoms with Gasteiger partial charge in [0.1, 0.15) is 17.9 Å². The smallest absolute Gasteiger partial charge is 0.329 e. The van der Waals surface area contributed by atoms with Crippen LogP contribution in [0.4, 0.5) is 0 Å². The molecule has 2 N–H and O–H groups in total. The van der Waals surface area contributed by atoms with Crippen molar-refractivity contribution in [2.45, 2.75) is 180 Å². The van der Waals surface area contributed by atoms with Crippen LogP contribution < -0.4 is 0 Å². The highest BCUT2D eigenvalue weighted by molar-refractivity contribution is 6.39. The van der Waals surface area contributed by atoms with E-state index in [0.29, 0.717) is 69.8 Å². The van der Waals surface area contributed by atoms with E-state index in [1.165, 1.54) is 12.0 Å². The van der Waals surface area contributed by atoms with Gasteiger partial charge in [-0.05, 0) is 107 Å². The van der Waals surface area contributed by atoms with Crippen LogP contribution in [0.2, 0.25) is 0 Å². The Kier molecular flexibility index (Phi) is 21.8. The average molecular weight is 942 g/mol. The maximum atomic E-state index is 14.4. The lowest BCUT2D eigenvalue weighted by atomic mass is 9.78. The van der Waals surface area contributed by atoms with E-state index in [4.69, 9.17) is 28.4 Å². The number of amides is 1. The van der Waals surface area contributed by atoms with Gasteiger partial charge in [0.05, 0.1) is 24.4 Å². The van der Waals surface area contributed by atoms with Gasteiger partial charge in [0.15, 0.2) is 18.0 Å². The van der Waals surface area contributed by atoms with Gasteiger partial charge in [0.2, 0.25) is 5.79 Å². The first kappa shape index (κ1) is 55.7. The zero-order valence-corrected chi connectivity index (χ0v) is 41.6. The summed E-state index contributed by atoms with van der Waals surface area (Å²) in [6, 6.07) is -1.16. The third-order valence-corrected chi connectivity index (χ3v) is 14.7. The minimum atomic E-state index is -2.44. The molecule has 15 atom stereocenters. The number of Topliss-reactive ketones (excluding diaryl/α,β-unsaturated/α-hetero) is 3. The Morgan fingerprint density at radius 3 is 2.27 bits per heavy atom. The molecule has 0 aromatic heterocycles. The molecule has 3 aliphatic heterocycles. The molecule has 0 aromatic rings. The number of carbonyl (C=O) groups excluding carboxylic acids is 6. The lowest BCUT2D eigenvalue weighted by Crippen LogP contribution is -2.61. The Morgan fingerprint density at radius 1 is 0.866 bits per heavy atom. The van der Waals surface area contributed by atoms with E-state index < -0.39 is 83.9 Å². The number of aliphatic hydroxyl groups is 2. The molecule has 15 nitrogen and oxygen atoms in total. The van der Waals surface area contributed by atoms with Crippen LogP contribution in [0.1, 0.15) is 126 Å². The Hall–Kier alpha value is -3.86. The van der Waals surface area contributed by atoms with Gasteiger partial charge in [0.25, 0.3) is 18.2 Å². The molecule has 0 unspecified atom stereocenters. The first-order valence-corrected chi connectivity index (χ1v) is 24.4. The molecule has 376 valence electrons. The monoisotopic (exact) mass is 942 g/mol. The average Bonchev–Trinajstić information content (AvgIpc) is 3.30. The second-order valence-electron chi connectivity index (χ2n) is 19.8. The van der Waals surface area contributed by atoms with E-state index in [1.54, 1.807) is 48.0 Å². The number of ether oxygens (including phenoxy) is 6. The molecule has 1 amide bonds. The van der Waals surface area contributed by atoms with Crippen LogP contribution >= 0.6 is 0 Å². The number of hydrogen-bond acceptors (Lipinski definition) is 14. The van der Waals surface area contributed by atoms with E-state index in [-0.39, 0.29) is 61.3 Å². The minimum Gasteiger partial charge on any atom is -0.460 e. The Bertz CT molecular complexity index is 1820. The van der Waals surface area contributed by atoms with Crippen molar-refractivity contribution in [3.63, 3.8) is 0 Å². The normalized spacial score (nSPS) is 39.4. The maximum Gasteiger partial charge on any atom is 0.329 e. The van der Waals surface area contributed by atoms with Gasteiger partial charge in [-0.1, -0.05) is 71.1 Å². The zero-order valence-electron chi connectivity index (χ0n) is 41.6. The number of ketones is 3. The number of cyclic esters (lactones) is 1. The van der Waals surface area contributed by atoms with Crippen LogP contribution in [0.15, 0.2) is 47.6 Å². The highest BCUT2D eigenvalue weighted by Gasteiger charge is 2.53. The van der Waals surface area contributed by atoms with Gasteiger partial charge < -0.3 is 43.5 Å². The van der Waals surface area contributed by atoms with Crippen molar-refractivity contribution in [3.05, 3.63) is 47.6 Å². The van der Waals surface area contributed by atoms with Crippen molar-refractivity contribution in [3.8, 4) is 0 Å². The predicted molar refractivity (Wildman–Crippen MR) is 250 cm³/mol. The topological polar surface area (TPSA) is 201 Å². The number of carbonyl (C=O) groups is 6. The standard InChI is InChI=1S/C52H79NO14/c1-31-16-12-11-13-17-32(2)43(62-8)28-39-21-19-37(7)52(61,67-39)49(58)50(59)53-23-15-14-18-40(53)51(60)66-44(34(4)26-38-20-22-41(55)45(27-38)63-9)29-42(56)33(3)25-36(6)47(65-30-54)48(64-10)46(57)35(5)24-31/h11-13,16-17,25,30-31,33-35,37-41,43-45,47-48,55,61H,14-15,18-24,26-29H2,1-10H3/b13-11+,16-12-,32-17+,36-25+/t31-,33-,34-,35-,37-,38+,39+,40+,41-,43+,44+,45-,47-,48+,52-/m1/s1. The lowest BCUT2D eigenvalue weighted by Gasteiger charge is -2.42. The SMILES string of the molecule is CO[C@H]1C[C@@H]2CC[C@@H](C)[C@@](O)(O2)C(=O)C(=O)N2CCCC[C@H]2C(=O)O[C@H]([C@H](C)C[C@@H]2CC[C@@H](O)[C@H](OC)C2)CC(=O)[C@H](C)/C=C(\C)[C@@H](OC=O)[C@@H](OC)C(=O)[C@H](C)C[C@H](C)\C=C/C=C/C=C/1C. The molecular weight excluding hydrogens is 863 g/mol. The van der Waals surface area contributed by atoms with Gasteiger partial charge in [-0.3, -0.25) is 24.0 Å². The second-order valence-corrected chi connectivity index (χ2v) is 19.8. The molecule has 3 heterocycles. The summed E-state index contributed by atoms with van der Waals surface area (Å²) in [6.07, 6.45) is 11.1. The summed E-state index contributed by atoms with van der Waals surface area (Å²) in [6.45, 7) is 13.0. The van der Waals surface area contributed by atoms with Crippen molar-refractivity contribution in [1.29, 1.82) is 0 Å². The minimum absolute atomic E-state index is 0.0100. The number of aliphatic hydroxyl groups excluding tert-OH is 1. The van der Waals surface area contributed by atoms with Crippen LogP contribution in [0.3, 0.4) is 0 Å². The van der Waals surface area contributed by atoms with Crippen molar-refractivity contribution >= 4 is 35.7 Å². The molecule has 67 heavy (non-hydrogen) atoms. The molecule has 2 saturated heterocycles. The van der Waals surface area contributed by atoms with E-state index >= 15 is 0 Å². The Morgan fingerprint density at radius 2 is 1.60 bits per heavy atom. The van der Waals surface area contributed by atoms with Gasteiger partial charge >= 0.3 is 5.97 Å². The van der Waals surface area contributed by atoms with Crippen molar-refractivity contribution in [1.82, 2.24) is 4.90 Å². The van der Waals surface area contributed by atoms with Crippen LogP contribution in [-0.2, 0) is 57.2 Å². The fraction of sp³-hybridized carbons (Fsp3) is 0.731. The number of hydrogen-bond donors (Lipinski definition) is 2. The van der Waals surface area contributed by atoms with Crippen molar-refractivity contribution in [2.24, 2.45) is 35.5 Å². The largest absolute Gasteiger partial charge is 0.460 e. The summed E-state index contributed by atoms with van der Waals surface area (Å²) < 4.78 is 35.0. The Balaban J connectivity index is 1.73. The summed E-state index contributed by atoms with van der Waals surface area (Å²) in [4.78, 5) is 84.1.